The van der Waals surface area contributed by atoms with E-state index in [0.717, 1.165) is 24.3 Å². The van der Waals surface area contributed by atoms with Crippen LogP contribution in [-0.2, 0) is 0 Å². The summed E-state index contributed by atoms with van der Waals surface area (Å²) in [6, 6.07) is 8.88. The van der Waals surface area contributed by atoms with Gasteiger partial charge in [-0.2, -0.15) is 0 Å². The Kier molecular flexibility index (Phi) is 5.24. The van der Waals surface area contributed by atoms with E-state index < -0.39 is 0 Å². The van der Waals surface area contributed by atoms with Gasteiger partial charge in [0.1, 0.15) is 11.3 Å². The zero-order chi connectivity index (χ0) is 14.5. The first kappa shape index (κ1) is 15.1. The SMILES string of the molecule is CCCNC(c1cc2cccc(C)c2o1)C(C)CCC. The Morgan fingerprint density at radius 1 is 1.20 bits per heavy atom. The molecule has 110 valence electrons. The summed E-state index contributed by atoms with van der Waals surface area (Å²) in [6.07, 6.45) is 3.58. The lowest BCUT2D eigenvalue weighted by atomic mass is 9.94. The summed E-state index contributed by atoms with van der Waals surface area (Å²) in [5.74, 6) is 1.68. The first-order valence-corrected chi connectivity index (χ1v) is 7.89. The fourth-order valence-electron chi connectivity index (χ4n) is 2.89. The molecule has 2 atom stereocenters. The van der Waals surface area contributed by atoms with E-state index in [9.17, 15) is 0 Å². The van der Waals surface area contributed by atoms with E-state index in [-0.39, 0.29) is 0 Å². The van der Waals surface area contributed by atoms with Crippen LogP contribution in [0.1, 0.15) is 57.4 Å². The zero-order valence-corrected chi connectivity index (χ0v) is 13.2. The van der Waals surface area contributed by atoms with Gasteiger partial charge in [0.05, 0.1) is 6.04 Å². The lowest BCUT2D eigenvalue weighted by Crippen LogP contribution is -2.27. The van der Waals surface area contributed by atoms with E-state index in [4.69, 9.17) is 4.42 Å². The quantitative estimate of drug-likeness (QED) is 0.748. The molecule has 0 saturated heterocycles. The Labute approximate surface area is 122 Å². The van der Waals surface area contributed by atoms with Crippen molar-refractivity contribution in [3.63, 3.8) is 0 Å². The third kappa shape index (κ3) is 3.24. The van der Waals surface area contributed by atoms with E-state index in [1.807, 2.05) is 0 Å². The van der Waals surface area contributed by atoms with Gasteiger partial charge in [-0.15, -0.1) is 0 Å². The van der Waals surface area contributed by atoms with Gasteiger partial charge >= 0.3 is 0 Å². The summed E-state index contributed by atoms with van der Waals surface area (Å²) < 4.78 is 6.16. The molecule has 1 heterocycles. The minimum atomic E-state index is 0.321. The van der Waals surface area contributed by atoms with Gasteiger partial charge in [0.2, 0.25) is 0 Å². The zero-order valence-electron chi connectivity index (χ0n) is 13.2. The predicted octanol–water partition coefficient (Wildman–Crippen LogP) is 5.22. The molecule has 0 aliphatic rings. The molecule has 0 spiro atoms. The maximum Gasteiger partial charge on any atom is 0.137 e. The van der Waals surface area contributed by atoms with Crippen molar-refractivity contribution >= 4 is 11.0 Å². The smallest absolute Gasteiger partial charge is 0.137 e. The van der Waals surface area contributed by atoms with Gasteiger partial charge in [-0.3, -0.25) is 0 Å². The van der Waals surface area contributed by atoms with Crippen molar-refractivity contribution in [3.05, 3.63) is 35.6 Å². The molecule has 2 heteroatoms. The van der Waals surface area contributed by atoms with Gasteiger partial charge in [-0.1, -0.05) is 45.4 Å². The van der Waals surface area contributed by atoms with Crippen LogP contribution in [0.3, 0.4) is 0 Å². The predicted molar refractivity (Wildman–Crippen MR) is 86.1 cm³/mol. The van der Waals surface area contributed by atoms with Crippen LogP contribution >= 0.6 is 0 Å². The Morgan fingerprint density at radius 2 is 2.00 bits per heavy atom. The Bertz CT molecular complexity index is 543. The normalized spacial score (nSPS) is 14.6. The molecule has 0 saturated carbocycles. The van der Waals surface area contributed by atoms with Crippen molar-refractivity contribution in [1.29, 1.82) is 0 Å². The molecule has 2 aromatic rings. The van der Waals surface area contributed by atoms with E-state index in [0.29, 0.717) is 12.0 Å². The molecule has 1 N–H and O–H groups in total. The highest BCUT2D eigenvalue weighted by Crippen LogP contribution is 2.31. The molecule has 0 radical (unpaired) electrons. The van der Waals surface area contributed by atoms with E-state index >= 15 is 0 Å². The van der Waals surface area contributed by atoms with Crippen LogP contribution in [-0.4, -0.2) is 6.54 Å². The number of fused-ring (bicyclic) bond motifs is 1. The number of rotatable bonds is 7. The summed E-state index contributed by atoms with van der Waals surface area (Å²) in [5.41, 5.74) is 2.25. The maximum absolute atomic E-state index is 6.16. The minimum absolute atomic E-state index is 0.321. The third-order valence-electron chi connectivity index (χ3n) is 3.99. The van der Waals surface area contributed by atoms with E-state index in [1.54, 1.807) is 0 Å². The van der Waals surface area contributed by atoms with Crippen molar-refractivity contribution < 1.29 is 4.42 Å². The van der Waals surface area contributed by atoms with E-state index in [2.05, 4.69) is 57.3 Å². The molecule has 0 aliphatic heterocycles. The topological polar surface area (TPSA) is 25.2 Å². The fraction of sp³-hybridized carbons (Fsp3) is 0.556. The van der Waals surface area contributed by atoms with Gasteiger partial charge < -0.3 is 9.73 Å². The molecule has 1 aromatic heterocycles. The molecule has 20 heavy (non-hydrogen) atoms. The molecule has 0 fully saturated rings. The van der Waals surface area contributed by atoms with Crippen LogP contribution in [0.5, 0.6) is 0 Å². The van der Waals surface area contributed by atoms with Crippen molar-refractivity contribution in [3.8, 4) is 0 Å². The molecular formula is C18H27NO. The fourth-order valence-corrected chi connectivity index (χ4v) is 2.89. The first-order chi connectivity index (χ1) is 9.67. The second-order valence-electron chi connectivity index (χ2n) is 5.84. The van der Waals surface area contributed by atoms with Crippen molar-refractivity contribution in [2.24, 2.45) is 5.92 Å². The number of para-hydroxylation sites is 1. The molecule has 2 rings (SSSR count). The molecule has 0 amide bonds. The van der Waals surface area contributed by atoms with Crippen LogP contribution in [0.2, 0.25) is 0 Å². The lowest BCUT2D eigenvalue weighted by Gasteiger charge is -2.23. The van der Waals surface area contributed by atoms with Gasteiger partial charge in [-0.25, -0.2) is 0 Å². The standard InChI is InChI=1S/C18H27NO/c1-5-8-13(3)17(19-11-6-2)16-12-15-10-7-9-14(4)18(15)20-16/h7,9-10,12-13,17,19H,5-6,8,11H2,1-4H3. The summed E-state index contributed by atoms with van der Waals surface area (Å²) in [5, 5.41) is 4.87. The van der Waals surface area contributed by atoms with Crippen LogP contribution < -0.4 is 5.32 Å². The first-order valence-electron chi connectivity index (χ1n) is 7.89. The Hall–Kier alpha value is -1.28. The number of nitrogens with one attached hydrogen (secondary N) is 1. The molecule has 2 unspecified atom stereocenters. The number of aryl methyl sites for hydroxylation is 1. The molecule has 0 bridgehead atoms. The lowest BCUT2D eigenvalue weighted by molar-refractivity contribution is 0.317. The van der Waals surface area contributed by atoms with Gasteiger partial charge in [0, 0.05) is 5.39 Å². The Balaban J connectivity index is 2.32. The summed E-state index contributed by atoms with van der Waals surface area (Å²) in [4.78, 5) is 0. The van der Waals surface area contributed by atoms with Gasteiger partial charge in [0.25, 0.3) is 0 Å². The summed E-state index contributed by atoms with van der Waals surface area (Å²) in [7, 11) is 0. The highest BCUT2D eigenvalue weighted by molar-refractivity contribution is 5.81. The highest BCUT2D eigenvalue weighted by atomic mass is 16.3. The van der Waals surface area contributed by atoms with Crippen molar-refractivity contribution in [2.75, 3.05) is 6.54 Å². The molecule has 2 nitrogen and oxygen atoms in total. The van der Waals surface area contributed by atoms with Crippen LogP contribution in [0.25, 0.3) is 11.0 Å². The maximum atomic E-state index is 6.16. The largest absolute Gasteiger partial charge is 0.459 e. The summed E-state index contributed by atoms with van der Waals surface area (Å²) >= 11 is 0. The van der Waals surface area contributed by atoms with Crippen molar-refractivity contribution in [2.45, 2.75) is 53.0 Å². The van der Waals surface area contributed by atoms with Gasteiger partial charge in [-0.05, 0) is 43.9 Å². The molecule has 1 aromatic carbocycles. The third-order valence-corrected chi connectivity index (χ3v) is 3.99. The van der Waals surface area contributed by atoms with Crippen LogP contribution in [0.15, 0.2) is 28.7 Å². The number of hydrogen-bond acceptors (Lipinski definition) is 2. The molecule has 0 aliphatic carbocycles. The van der Waals surface area contributed by atoms with Crippen LogP contribution in [0, 0.1) is 12.8 Å². The number of furan rings is 1. The average molecular weight is 273 g/mol. The Morgan fingerprint density at radius 3 is 2.65 bits per heavy atom. The summed E-state index contributed by atoms with van der Waals surface area (Å²) in [6.45, 7) is 9.92. The minimum Gasteiger partial charge on any atom is -0.459 e. The van der Waals surface area contributed by atoms with E-state index in [1.165, 1.54) is 23.8 Å². The second kappa shape index (κ2) is 6.94. The number of benzene rings is 1. The molecular weight excluding hydrogens is 246 g/mol. The highest BCUT2D eigenvalue weighted by Gasteiger charge is 2.22. The van der Waals surface area contributed by atoms with Gasteiger partial charge in [0.15, 0.2) is 0 Å². The van der Waals surface area contributed by atoms with Crippen LogP contribution in [0.4, 0.5) is 0 Å². The second-order valence-corrected chi connectivity index (χ2v) is 5.84. The monoisotopic (exact) mass is 273 g/mol. The number of hydrogen-bond donors (Lipinski definition) is 1. The van der Waals surface area contributed by atoms with Crippen molar-refractivity contribution in [1.82, 2.24) is 5.32 Å². The average Bonchev–Trinajstić information content (AvgIpc) is 2.85.